The van der Waals surface area contributed by atoms with E-state index in [0.29, 0.717) is 11.3 Å². The van der Waals surface area contributed by atoms with Gasteiger partial charge in [-0.3, -0.25) is 4.79 Å². The summed E-state index contributed by atoms with van der Waals surface area (Å²) in [7, 11) is 0. The number of pyridine rings is 1. The maximum Gasteiger partial charge on any atom is 0.273 e. The Bertz CT molecular complexity index is 508. The summed E-state index contributed by atoms with van der Waals surface area (Å²) in [5.74, 6) is 5.72. The summed E-state index contributed by atoms with van der Waals surface area (Å²) < 4.78 is 0. The van der Waals surface area contributed by atoms with Crippen LogP contribution in [-0.2, 0) is 0 Å². The fraction of sp³-hybridized carbons (Fsp3) is 0.500. The van der Waals surface area contributed by atoms with Crippen LogP contribution in [0.15, 0.2) is 18.3 Å². The Morgan fingerprint density at radius 1 is 1.25 bits per heavy atom. The summed E-state index contributed by atoms with van der Waals surface area (Å²) in [6.45, 7) is 1.92. The normalized spacial score (nSPS) is 15.8. The smallest absolute Gasteiger partial charge is 0.273 e. The minimum atomic E-state index is -0.00572. The van der Waals surface area contributed by atoms with Crippen molar-refractivity contribution in [3.63, 3.8) is 0 Å². The Labute approximate surface area is 120 Å². The predicted molar refractivity (Wildman–Crippen MR) is 79.2 cm³/mol. The van der Waals surface area contributed by atoms with Gasteiger partial charge in [-0.05, 0) is 25.0 Å². The van der Waals surface area contributed by atoms with Crippen molar-refractivity contribution in [1.82, 2.24) is 9.88 Å². The third-order valence-electron chi connectivity index (χ3n) is 3.48. The van der Waals surface area contributed by atoms with Crippen molar-refractivity contribution in [2.24, 2.45) is 5.73 Å². The Balaban J connectivity index is 2.18. The van der Waals surface area contributed by atoms with Crippen LogP contribution in [0.3, 0.4) is 0 Å². The highest BCUT2D eigenvalue weighted by atomic mass is 16.2. The van der Waals surface area contributed by atoms with Gasteiger partial charge in [-0.15, -0.1) is 0 Å². The number of hydrogen-bond donors (Lipinski definition) is 1. The molecule has 2 N–H and O–H groups in total. The van der Waals surface area contributed by atoms with Gasteiger partial charge < -0.3 is 10.6 Å². The molecule has 0 atom stereocenters. The third-order valence-corrected chi connectivity index (χ3v) is 3.48. The van der Waals surface area contributed by atoms with Crippen LogP contribution in [0.5, 0.6) is 0 Å². The minimum absolute atomic E-state index is 0.00572. The van der Waals surface area contributed by atoms with Gasteiger partial charge in [0, 0.05) is 19.3 Å². The van der Waals surface area contributed by atoms with Crippen molar-refractivity contribution in [2.45, 2.75) is 32.1 Å². The molecule has 0 bridgehead atoms. The molecule has 0 saturated carbocycles. The number of amides is 1. The molecule has 0 unspecified atom stereocenters. The van der Waals surface area contributed by atoms with E-state index in [1.165, 1.54) is 19.3 Å². The van der Waals surface area contributed by atoms with Crippen molar-refractivity contribution in [3.8, 4) is 11.8 Å². The molecule has 1 saturated heterocycles. The Morgan fingerprint density at radius 3 is 2.65 bits per heavy atom. The summed E-state index contributed by atoms with van der Waals surface area (Å²) in [4.78, 5) is 18.8. The van der Waals surface area contributed by atoms with E-state index < -0.39 is 0 Å². The molecule has 1 aromatic heterocycles. The summed E-state index contributed by atoms with van der Waals surface area (Å²) in [6.07, 6.45) is 7.46. The van der Waals surface area contributed by atoms with Crippen molar-refractivity contribution < 1.29 is 4.79 Å². The molecule has 0 radical (unpaired) electrons. The van der Waals surface area contributed by atoms with E-state index in [9.17, 15) is 4.79 Å². The first kappa shape index (κ1) is 14.5. The lowest BCUT2D eigenvalue weighted by atomic mass is 10.1. The summed E-state index contributed by atoms with van der Waals surface area (Å²) in [5, 5.41) is 0. The summed E-state index contributed by atoms with van der Waals surface area (Å²) >= 11 is 0. The van der Waals surface area contributed by atoms with E-state index in [-0.39, 0.29) is 12.5 Å². The monoisotopic (exact) mass is 271 g/mol. The third kappa shape index (κ3) is 3.82. The highest BCUT2D eigenvalue weighted by molar-refractivity contribution is 5.94. The maximum absolute atomic E-state index is 12.6. The molecule has 4 heteroatoms. The topological polar surface area (TPSA) is 59.2 Å². The summed E-state index contributed by atoms with van der Waals surface area (Å²) in [5.41, 5.74) is 6.52. The van der Waals surface area contributed by atoms with Crippen molar-refractivity contribution in [1.29, 1.82) is 0 Å². The second-order valence-electron chi connectivity index (χ2n) is 4.97. The fourth-order valence-corrected chi connectivity index (χ4v) is 2.42. The predicted octanol–water partition coefficient (Wildman–Crippen LogP) is 1.80. The largest absolute Gasteiger partial charge is 0.337 e. The Kier molecular flexibility index (Phi) is 5.57. The first-order valence-corrected chi connectivity index (χ1v) is 7.26. The number of likely N-dealkylation sites (tertiary alicyclic amines) is 1. The molecule has 106 valence electrons. The molecular weight excluding hydrogens is 250 g/mol. The fourth-order valence-electron chi connectivity index (χ4n) is 2.42. The molecular formula is C16H21N3O. The zero-order chi connectivity index (χ0) is 14.2. The van der Waals surface area contributed by atoms with Gasteiger partial charge in [0.1, 0.15) is 5.69 Å². The molecule has 0 aliphatic carbocycles. The van der Waals surface area contributed by atoms with Crippen LogP contribution in [0, 0.1) is 11.8 Å². The molecule has 0 aromatic carbocycles. The SMILES string of the molecule is NCC#Cc1cccnc1C(=O)N1CCCCCCC1. The van der Waals surface area contributed by atoms with Crippen molar-refractivity contribution in [3.05, 3.63) is 29.6 Å². The Morgan fingerprint density at radius 2 is 1.95 bits per heavy atom. The molecule has 0 spiro atoms. The van der Waals surface area contributed by atoms with Gasteiger partial charge in [0.15, 0.2) is 0 Å². The van der Waals surface area contributed by atoms with E-state index in [4.69, 9.17) is 5.73 Å². The number of rotatable bonds is 1. The molecule has 2 heterocycles. The average molecular weight is 271 g/mol. The van der Waals surface area contributed by atoms with Crippen LogP contribution < -0.4 is 5.73 Å². The highest BCUT2D eigenvalue weighted by Gasteiger charge is 2.19. The van der Waals surface area contributed by atoms with Gasteiger partial charge >= 0.3 is 0 Å². The maximum atomic E-state index is 12.6. The second-order valence-corrected chi connectivity index (χ2v) is 4.97. The van der Waals surface area contributed by atoms with E-state index in [2.05, 4.69) is 16.8 Å². The molecule has 1 fully saturated rings. The molecule has 2 rings (SSSR count). The van der Waals surface area contributed by atoms with Crippen LogP contribution in [0.1, 0.15) is 48.2 Å². The minimum Gasteiger partial charge on any atom is -0.337 e. The molecule has 1 aliphatic rings. The van der Waals surface area contributed by atoms with Gasteiger partial charge in [-0.1, -0.05) is 31.1 Å². The van der Waals surface area contributed by atoms with Crippen LogP contribution in [0.25, 0.3) is 0 Å². The molecule has 20 heavy (non-hydrogen) atoms. The highest BCUT2D eigenvalue weighted by Crippen LogP contribution is 2.14. The van der Waals surface area contributed by atoms with Gasteiger partial charge in [0.25, 0.3) is 5.91 Å². The number of nitrogens with two attached hydrogens (primary N) is 1. The zero-order valence-electron chi connectivity index (χ0n) is 11.8. The number of carbonyl (C=O) groups excluding carboxylic acids is 1. The molecule has 4 nitrogen and oxygen atoms in total. The molecule has 1 aliphatic heterocycles. The standard InChI is InChI=1S/C16H21N3O/c17-10-6-8-14-9-7-11-18-15(14)16(20)19-12-4-2-1-3-5-13-19/h7,9,11H,1-5,10,12-13,17H2. The lowest BCUT2D eigenvalue weighted by Crippen LogP contribution is -2.34. The van der Waals surface area contributed by atoms with Gasteiger partial charge in [-0.2, -0.15) is 0 Å². The lowest BCUT2D eigenvalue weighted by molar-refractivity contribution is 0.0736. The first-order chi connectivity index (χ1) is 9.83. The second kappa shape index (κ2) is 7.66. The quantitative estimate of drug-likeness (QED) is 0.792. The lowest BCUT2D eigenvalue weighted by Gasteiger charge is -2.24. The van der Waals surface area contributed by atoms with Gasteiger partial charge in [0.2, 0.25) is 0 Å². The van der Waals surface area contributed by atoms with E-state index in [0.717, 1.165) is 25.9 Å². The molecule has 1 aromatic rings. The van der Waals surface area contributed by atoms with Gasteiger partial charge in [-0.25, -0.2) is 4.98 Å². The Hall–Kier alpha value is -1.86. The van der Waals surface area contributed by atoms with E-state index >= 15 is 0 Å². The number of aromatic nitrogens is 1. The van der Waals surface area contributed by atoms with E-state index in [1.54, 1.807) is 12.3 Å². The zero-order valence-corrected chi connectivity index (χ0v) is 11.8. The van der Waals surface area contributed by atoms with Crippen molar-refractivity contribution in [2.75, 3.05) is 19.6 Å². The van der Waals surface area contributed by atoms with Crippen molar-refractivity contribution >= 4 is 5.91 Å². The summed E-state index contributed by atoms with van der Waals surface area (Å²) in [6, 6.07) is 3.62. The van der Waals surface area contributed by atoms with Crippen LogP contribution in [0.2, 0.25) is 0 Å². The van der Waals surface area contributed by atoms with Crippen LogP contribution in [0.4, 0.5) is 0 Å². The number of nitrogens with zero attached hydrogens (tertiary/aromatic N) is 2. The van der Waals surface area contributed by atoms with E-state index in [1.807, 2.05) is 11.0 Å². The molecule has 1 amide bonds. The van der Waals surface area contributed by atoms with Gasteiger partial charge in [0.05, 0.1) is 12.1 Å². The van der Waals surface area contributed by atoms with Crippen LogP contribution >= 0.6 is 0 Å². The number of carbonyl (C=O) groups is 1. The van der Waals surface area contributed by atoms with Crippen LogP contribution in [-0.4, -0.2) is 35.4 Å². The first-order valence-electron chi connectivity index (χ1n) is 7.26. The average Bonchev–Trinajstić information content (AvgIpc) is 2.44. The number of hydrogen-bond acceptors (Lipinski definition) is 3.